The van der Waals surface area contributed by atoms with Gasteiger partial charge in [-0.15, -0.1) is 10.2 Å². The molecule has 4 rings (SSSR count). The Kier molecular flexibility index (Phi) is 5.84. The summed E-state index contributed by atoms with van der Waals surface area (Å²) in [6.45, 7) is 5.92. The minimum absolute atomic E-state index is 0.847. The molecule has 1 saturated heterocycles. The Labute approximate surface area is 164 Å². The molecule has 0 bridgehead atoms. The SMILES string of the molecule is Cc1ccc(-n2c(SCC[NH+]3CCCCC3)nnc2-c2cccnc2)cc1. The fourth-order valence-corrected chi connectivity index (χ4v) is 4.55. The van der Waals surface area contributed by atoms with E-state index in [2.05, 4.69) is 50.9 Å². The van der Waals surface area contributed by atoms with Crippen LogP contribution >= 0.6 is 11.8 Å². The van der Waals surface area contributed by atoms with E-state index >= 15 is 0 Å². The van der Waals surface area contributed by atoms with Crippen molar-refractivity contribution >= 4 is 11.8 Å². The summed E-state index contributed by atoms with van der Waals surface area (Å²) in [5, 5.41) is 9.96. The van der Waals surface area contributed by atoms with E-state index in [9.17, 15) is 0 Å². The van der Waals surface area contributed by atoms with Crippen LogP contribution in [0.3, 0.4) is 0 Å². The molecule has 1 aromatic carbocycles. The number of hydrogen-bond acceptors (Lipinski definition) is 4. The number of thioether (sulfide) groups is 1. The van der Waals surface area contributed by atoms with E-state index in [0.29, 0.717) is 0 Å². The maximum atomic E-state index is 4.51. The highest BCUT2D eigenvalue weighted by molar-refractivity contribution is 7.99. The smallest absolute Gasteiger partial charge is 0.196 e. The zero-order chi connectivity index (χ0) is 18.5. The zero-order valence-corrected chi connectivity index (χ0v) is 16.6. The first-order valence-electron chi connectivity index (χ1n) is 9.70. The van der Waals surface area contributed by atoms with Crippen LogP contribution in [0.25, 0.3) is 17.1 Å². The van der Waals surface area contributed by atoms with Crippen LogP contribution < -0.4 is 4.90 Å². The Hall–Kier alpha value is -2.18. The summed E-state index contributed by atoms with van der Waals surface area (Å²) < 4.78 is 2.16. The number of nitrogens with zero attached hydrogens (tertiary/aromatic N) is 4. The predicted molar refractivity (Wildman–Crippen MR) is 109 cm³/mol. The average Bonchev–Trinajstić information content (AvgIpc) is 3.14. The van der Waals surface area contributed by atoms with Crippen LogP contribution in [0.4, 0.5) is 0 Å². The predicted octanol–water partition coefficient (Wildman–Crippen LogP) is 2.80. The molecule has 2 aromatic heterocycles. The molecule has 1 aliphatic heterocycles. The van der Waals surface area contributed by atoms with Crippen molar-refractivity contribution in [2.24, 2.45) is 0 Å². The van der Waals surface area contributed by atoms with Gasteiger partial charge in [0.1, 0.15) is 0 Å². The lowest BCUT2D eigenvalue weighted by atomic mass is 10.1. The van der Waals surface area contributed by atoms with Gasteiger partial charge in [0.15, 0.2) is 11.0 Å². The molecule has 0 amide bonds. The first-order chi connectivity index (χ1) is 13.3. The summed E-state index contributed by atoms with van der Waals surface area (Å²) in [5.41, 5.74) is 3.33. The Bertz CT molecular complexity index is 854. The molecule has 0 spiro atoms. The number of rotatable bonds is 6. The summed E-state index contributed by atoms with van der Waals surface area (Å²) in [4.78, 5) is 5.98. The van der Waals surface area contributed by atoms with E-state index in [1.54, 1.807) is 22.9 Å². The molecule has 1 fully saturated rings. The summed E-state index contributed by atoms with van der Waals surface area (Å²) in [6, 6.07) is 12.5. The van der Waals surface area contributed by atoms with Gasteiger partial charge in [-0.1, -0.05) is 29.5 Å². The summed E-state index contributed by atoms with van der Waals surface area (Å²) in [7, 11) is 0. The van der Waals surface area contributed by atoms with E-state index in [1.165, 1.54) is 44.5 Å². The number of piperidine rings is 1. The normalized spacial score (nSPS) is 15.1. The number of aryl methyl sites for hydroxylation is 1. The number of likely N-dealkylation sites (tertiary alicyclic amines) is 1. The van der Waals surface area contributed by atoms with Crippen molar-refractivity contribution in [3.05, 3.63) is 54.4 Å². The summed E-state index contributed by atoms with van der Waals surface area (Å²) >= 11 is 1.80. The molecule has 5 nitrogen and oxygen atoms in total. The fourth-order valence-electron chi connectivity index (χ4n) is 3.56. The number of hydrogen-bond donors (Lipinski definition) is 1. The molecule has 27 heavy (non-hydrogen) atoms. The highest BCUT2D eigenvalue weighted by Gasteiger charge is 2.18. The number of quaternary nitrogens is 1. The van der Waals surface area contributed by atoms with Crippen molar-refractivity contribution < 1.29 is 4.90 Å². The van der Waals surface area contributed by atoms with Gasteiger partial charge >= 0.3 is 0 Å². The van der Waals surface area contributed by atoms with Gasteiger partial charge in [-0.25, -0.2) is 0 Å². The van der Waals surface area contributed by atoms with Gasteiger partial charge in [0.05, 0.1) is 25.4 Å². The second kappa shape index (κ2) is 8.67. The van der Waals surface area contributed by atoms with Crippen molar-refractivity contribution in [1.29, 1.82) is 0 Å². The summed E-state index contributed by atoms with van der Waals surface area (Å²) in [6.07, 6.45) is 7.76. The highest BCUT2D eigenvalue weighted by Crippen LogP contribution is 2.27. The maximum Gasteiger partial charge on any atom is 0.196 e. The molecule has 0 radical (unpaired) electrons. The van der Waals surface area contributed by atoms with Gasteiger partial charge in [0, 0.05) is 23.6 Å². The topological polar surface area (TPSA) is 48.0 Å². The third-order valence-electron chi connectivity index (χ3n) is 5.09. The van der Waals surface area contributed by atoms with Crippen molar-refractivity contribution in [3.63, 3.8) is 0 Å². The number of nitrogens with one attached hydrogen (secondary N) is 1. The summed E-state index contributed by atoms with van der Waals surface area (Å²) in [5.74, 6) is 1.91. The average molecular weight is 381 g/mol. The van der Waals surface area contributed by atoms with Gasteiger partial charge in [-0.05, 0) is 50.5 Å². The molecule has 1 aliphatic rings. The van der Waals surface area contributed by atoms with Crippen molar-refractivity contribution in [2.45, 2.75) is 31.3 Å². The second-order valence-corrected chi connectivity index (χ2v) is 8.19. The molecule has 0 aliphatic carbocycles. The van der Waals surface area contributed by atoms with Crippen molar-refractivity contribution in [1.82, 2.24) is 19.7 Å². The van der Waals surface area contributed by atoms with Crippen molar-refractivity contribution in [3.8, 4) is 17.1 Å². The van der Waals surface area contributed by atoms with Gasteiger partial charge in [0.2, 0.25) is 0 Å². The molecule has 0 unspecified atom stereocenters. The van der Waals surface area contributed by atoms with E-state index in [4.69, 9.17) is 0 Å². The van der Waals surface area contributed by atoms with E-state index < -0.39 is 0 Å². The minimum Gasteiger partial charge on any atom is -0.334 e. The quantitative estimate of drug-likeness (QED) is 0.668. The van der Waals surface area contributed by atoms with Gasteiger partial charge in [0.25, 0.3) is 0 Å². The number of pyridine rings is 1. The molecule has 1 N–H and O–H groups in total. The molecule has 3 aromatic rings. The molecule has 6 heteroatoms. The molecule has 3 heterocycles. The van der Waals surface area contributed by atoms with Crippen LogP contribution in [0, 0.1) is 6.92 Å². The van der Waals surface area contributed by atoms with Crippen LogP contribution in [0.5, 0.6) is 0 Å². The second-order valence-electron chi connectivity index (χ2n) is 7.13. The number of benzene rings is 1. The highest BCUT2D eigenvalue weighted by atomic mass is 32.2. The standard InChI is InChI=1S/C21H25N5S/c1-17-7-9-19(10-8-17)26-20(18-6-5-11-22-16-18)23-24-21(26)27-15-14-25-12-3-2-4-13-25/h5-11,16H,2-4,12-15H2,1H3/p+1. The first-order valence-corrected chi connectivity index (χ1v) is 10.7. The maximum absolute atomic E-state index is 4.51. The lowest BCUT2D eigenvalue weighted by Gasteiger charge is -2.23. The molecule has 140 valence electrons. The lowest BCUT2D eigenvalue weighted by molar-refractivity contribution is -0.902. The molecular formula is C21H26N5S+. The van der Waals surface area contributed by atoms with E-state index in [0.717, 1.165) is 28.0 Å². The zero-order valence-electron chi connectivity index (χ0n) is 15.8. The van der Waals surface area contributed by atoms with E-state index in [-0.39, 0.29) is 0 Å². The molecular weight excluding hydrogens is 354 g/mol. The lowest BCUT2D eigenvalue weighted by Crippen LogP contribution is -3.13. The Morgan fingerprint density at radius 3 is 2.59 bits per heavy atom. The Morgan fingerprint density at radius 1 is 1.04 bits per heavy atom. The third-order valence-corrected chi connectivity index (χ3v) is 6.02. The first kappa shape index (κ1) is 18.2. The monoisotopic (exact) mass is 380 g/mol. The largest absolute Gasteiger partial charge is 0.334 e. The Morgan fingerprint density at radius 2 is 1.85 bits per heavy atom. The van der Waals surface area contributed by atoms with Crippen molar-refractivity contribution in [2.75, 3.05) is 25.4 Å². The van der Waals surface area contributed by atoms with Crippen LogP contribution in [0.15, 0.2) is 53.9 Å². The molecule has 0 saturated carbocycles. The Balaban J connectivity index is 1.59. The van der Waals surface area contributed by atoms with Gasteiger partial charge in [-0.3, -0.25) is 9.55 Å². The van der Waals surface area contributed by atoms with Gasteiger partial charge < -0.3 is 4.90 Å². The van der Waals surface area contributed by atoms with Crippen LogP contribution in [0.2, 0.25) is 0 Å². The van der Waals surface area contributed by atoms with E-state index in [1.807, 2.05) is 18.3 Å². The van der Waals surface area contributed by atoms with Gasteiger partial charge in [-0.2, -0.15) is 0 Å². The third kappa shape index (κ3) is 4.39. The van der Waals surface area contributed by atoms with Crippen LogP contribution in [-0.4, -0.2) is 45.1 Å². The fraction of sp³-hybridized carbons (Fsp3) is 0.381. The molecule has 0 atom stereocenters. The van der Waals surface area contributed by atoms with Crippen LogP contribution in [-0.2, 0) is 0 Å². The minimum atomic E-state index is 0.847. The van der Waals surface area contributed by atoms with Crippen LogP contribution in [0.1, 0.15) is 24.8 Å². The number of aromatic nitrogens is 4.